The van der Waals surface area contributed by atoms with Gasteiger partial charge in [-0.2, -0.15) is 0 Å². The van der Waals surface area contributed by atoms with Crippen LogP contribution in [0.3, 0.4) is 0 Å². The SMILES string of the molecule is C.C.CCCCCC(=O)c1sccc1/C=C/[C@H]1OC(C)(C)O[C@H]1CCCC(=O)OC.CCCCCC(=O)c1sccc1Br.COC(=O)CCC[C@@H]1OC(C)(C)O[C@@H]1/C=C/B1OC(C)(C)C(C)(C)O1. The molecule has 5 rings (SSSR count). The Morgan fingerprint density at radius 2 is 1.07 bits per heavy atom. The Hall–Kier alpha value is -2.54. The molecule has 16 heteroatoms. The van der Waals surface area contributed by atoms with Crippen LogP contribution in [0.25, 0.3) is 6.08 Å². The van der Waals surface area contributed by atoms with Gasteiger partial charge in [-0.05, 0) is 138 Å². The van der Waals surface area contributed by atoms with Crippen molar-refractivity contribution in [3.8, 4) is 0 Å². The van der Waals surface area contributed by atoms with Gasteiger partial charge in [-0.1, -0.05) is 78.6 Å². The fraction of sp³-hybridized carbons (Fsp3) is 0.692. The molecule has 68 heavy (non-hydrogen) atoms. The van der Waals surface area contributed by atoms with Crippen LogP contribution in [0, 0.1) is 0 Å². The summed E-state index contributed by atoms with van der Waals surface area (Å²) in [6, 6.07) is 3.90. The third kappa shape index (κ3) is 21.0. The number of hydrogen-bond acceptors (Lipinski definition) is 14. The fourth-order valence-corrected chi connectivity index (χ4v) is 9.85. The maximum absolute atomic E-state index is 12.5. The van der Waals surface area contributed by atoms with E-state index in [0.29, 0.717) is 44.9 Å². The molecule has 3 aliphatic rings. The molecule has 0 saturated carbocycles. The van der Waals surface area contributed by atoms with Gasteiger partial charge in [0.1, 0.15) is 12.2 Å². The smallest absolute Gasteiger partial charge is 0.469 e. The Morgan fingerprint density at radius 3 is 1.51 bits per heavy atom. The number of methoxy groups -OCH3 is 2. The molecule has 0 bridgehead atoms. The lowest BCUT2D eigenvalue weighted by molar-refractivity contribution is -0.145. The zero-order chi connectivity index (χ0) is 49.1. The highest BCUT2D eigenvalue weighted by Gasteiger charge is 2.50. The highest BCUT2D eigenvalue weighted by atomic mass is 79.9. The Morgan fingerprint density at radius 1 is 0.632 bits per heavy atom. The predicted molar refractivity (Wildman–Crippen MR) is 280 cm³/mol. The van der Waals surface area contributed by atoms with Gasteiger partial charge in [0.25, 0.3) is 0 Å². The van der Waals surface area contributed by atoms with E-state index in [9.17, 15) is 19.2 Å². The summed E-state index contributed by atoms with van der Waals surface area (Å²) >= 11 is 6.38. The third-order valence-corrected chi connectivity index (χ3v) is 14.5. The van der Waals surface area contributed by atoms with Crippen molar-refractivity contribution in [1.29, 1.82) is 0 Å². The van der Waals surface area contributed by atoms with E-state index >= 15 is 0 Å². The normalized spacial score (nSPS) is 21.8. The van der Waals surface area contributed by atoms with Crippen molar-refractivity contribution in [2.45, 2.75) is 221 Å². The van der Waals surface area contributed by atoms with Gasteiger partial charge in [0.15, 0.2) is 23.1 Å². The van der Waals surface area contributed by atoms with Crippen molar-refractivity contribution in [3.05, 3.63) is 60.8 Å². The molecule has 0 N–H and O–H groups in total. The Balaban J connectivity index is 0.000000532. The lowest BCUT2D eigenvalue weighted by Crippen LogP contribution is -2.41. The molecule has 386 valence electrons. The van der Waals surface area contributed by atoms with Crippen molar-refractivity contribution in [3.63, 3.8) is 0 Å². The van der Waals surface area contributed by atoms with E-state index in [1.54, 1.807) is 0 Å². The minimum Gasteiger partial charge on any atom is -0.469 e. The predicted octanol–water partition coefficient (Wildman–Crippen LogP) is 14.0. The maximum Gasteiger partial charge on any atom is 0.486 e. The summed E-state index contributed by atoms with van der Waals surface area (Å²) in [7, 11) is 2.39. The Bertz CT molecular complexity index is 1870. The molecule has 0 unspecified atom stereocenters. The number of esters is 2. The monoisotopic (exact) mass is 1050 g/mol. The Kier molecular flexibility index (Phi) is 28.4. The van der Waals surface area contributed by atoms with Crippen molar-refractivity contribution >= 4 is 75.3 Å². The highest BCUT2D eigenvalue weighted by molar-refractivity contribution is 9.10. The van der Waals surface area contributed by atoms with Crippen LogP contribution in [-0.4, -0.2) is 92.0 Å². The quantitative estimate of drug-likeness (QED) is 0.0479. The van der Waals surface area contributed by atoms with Crippen LogP contribution in [0.1, 0.15) is 199 Å². The Labute approximate surface area is 426 Å². The lowest BCUT2D eigenvalue weighted by atomic mass is 9.88. The first-order chi connectivity index (χ1) is 31.1. The van der Waals surface area contributed by atoms with Gasteiger partial charge in [-0.25, -0.2) is 0 Å². The van der Waals surface area contributed by atoms with Crippen molar-refractivity contribution in [1.82, 2.24) is 0 Å². The van der Waals surface area contributed by atoms with Gasteiger partial charge in [-0.3, -0.25) is 19.2 Å². The van der Waals surface area contributed by atoms with Crippen LogP contribution in [0.5, 0.6) is 0 Å². The molecular weight excluding hydrogens is 971 g/mol. The molecular formula is C52H84BBrO12S2. The van der Waals surface area contributed by atoms with E-state index in [1.807, 2.05) is 102 Å². The molecule has 3 aliphatic heterocycles. The lowest BCUT2D eigenvalue weighted by Gasteiger charge is -2.32. The number of rotatable bonds is 22. The molecule has 4 atom stereocenters. The van der Waals surface area contributed by atoms with E-state index in [1.165, 1.54) is 43.3 Å². The van der Waals surface area contributed by atoms with Crippen molar-refractivity contribution in [2.24, 2.45) is 0 Å². The highest BCUT2D eigenvalue weighted by Crippen LogP contribution is 2.38. The third-order valence-electron chi connectivity index (χ3n) is 11.7. The van der Waals surface area contributed by atoms with Crippen LogP contribution in [0.15, 0.2) is 45.5 Å². The van der Waals surface area contributed by atoms with Gasteiger partial charge < -0.3 is 37.7 Å². The maximum atomic E-state index is 12.5. The number of carbonyl (C=O) groups is 4. The second-order valence-corrected chi connectivity index (χ2v) is 21.3. The summed E-state index contributed by atoms with van der Waals surface area (Å²) in [5, 5.41) is 3.90. The molecule has 2 aromatic heterocycles. The van der Waals surface area contributed by atoms with Crippen molar-refractivity contribution in [2.75, 3.05) is 14.2 Å². The number of ketones is 2. The molecule has 0 aromatic carbocycles. The summed E-state index contributed by atoms with van der Waals surface area (Å²) in [4.78, 5) is 48.3. The molecule has 0 aliphatic carbocycles. The first-order valence-electron chi connectivity index (χ1n) is 23.5. The number of carbonyl (C=O) groups excluding carboxylic acids is 4. The van der Waals surface area contributed by atoms with E-state index in [-0.39, 0.29) is 74.0 Å². The van der Waals surface area contributed by atoms with Gasteiger partial charge in [-0.15, -0.1) is 22.7 Å². The summed E-state index contributed by atoms with van der Waals surface area (Å²) < 4.78 is 46.2. The summed E-state index contributed by atoms with van der Waals surface area (Å²) in [6.45, 7) is 19.9. The summed E-state index contributed by atoms with van der Waals surface area (Å²) in [6.07, 6.45) is 16.5. The number of hydrogen-bond donors (Lipinski definition) is 0. The molecule has 3 saturated heterocycles. The molecule has 12 nitrogen and oxygen atoms in total. The topological polar surface area (TPSA) is 142 Å². The summed E-state index contributed by atoms with van der Waals surface area (Å²) in [5.74, 6) is 0.632. The average molecular weight is 1060 g/mol. The zero-order valence-corrected chi connectivity index (χ0v) is 44.7. The second-order valence-electron chi connectivity index (χ2n) is 18.6. The second kappa shape index (κ2) is 30.4. The largest absolute Gasteiger partial charge is 0.486 e. The molecule has 2 aromatic rings. The molecule has 3 fully saturated rings. The fourth-order valence-electron chi connectivity index (χ4n) is 7.43. The standard InChI is InChI=1S/C22H32O5S.C18H31BO6.C10H13BrOS.2CH4/c1-5-6-7-9-17(23)21-16(14-15-28-21)12-13-19-18(26-22(2,3)27-19)10-8-11-20(24)25-4;1-16(2)17(3,4)25-19(24-16)12-11-14-13(22-18(5,6)23-14)9-8-10-15(20)21-7;1-2-3-4-5-9(12)10-8(11)6-7-13-10;;/h12-15,18-19H,5-11H2,1-4H3;11-14H,8-10H2,1-7H3;6-7H,2-5H2,1H3;2*1H4/b13-12+;12-11+;;;/t18-,19+;13-,14+;;;/m00.../s1. The minimum atomic E-state index is -0.668. The minimum absolute atomic E-state index is 0. The number of halogens is 1. The molecule has 0 amide bonds. The van der Waals surface area contributed by atoms with Crippen LogP contribution in [-0.2, 0) is 47.3 Å². The van der Waals surface area contributed by atoms with Crippen LogP contribution >= 0.6 is 38.6 Å². The molecule has 5 heterocycles. The molecule has 0 spiro atoms. The van der Waals surface area contributed by atoms with E-state index in [4.69, 9.17) is 33.0 Å². The molecule has 0 radical (unpaired) electrons. The average Bonchev–Trinajstić information content (AvgIpc) is 4.06. The van der Waals surface area contributed by atoms with E-state index in [0.717, 1.165) is 58.3 Å². The van der Waals surface area contributed by atoms with Crippen LogP contribution in [0.2, 0.25) is 0 Å². The van der Waals surface area contributed by atoms with Crippen LogP contribution < -0.4 is 0 Å². The van der Waals surface area contributed by atoms with Gasteiger partial charge in [0.05, 0.1) is 47.4 Å². The van der Waals surface area contributed by atoms with Gasteiger partial charge in [0, 0.05) is 30.2 Å². The number of thiophene rings is 2. The van der Waals surface area contributed by atoms with Crippen LogP contribution in [0.4, 0.5) is 0 Å². The first kappa shape index (κ1) is 63.5. The number of Topliss-reactive ketones (excluding diaryl/α,β-unsaturated/α-hetero) is 2. The zero-order valence-electron chi connectivity index (χ0n) is 41.5. The number of ether oxygens (including phenoxy) is 6. The van der Waals surface area contributed by atoms with E-state index < -0.39 is 18.7 Å². The van der Waals surface area contributed by atoms with Gasteiger partial charge >= 0.3 is 19.1 Å². The first-order valence-corrected chi connectivity index (χ1v) is 26.1. The van der Waals surface area contributed by atoms with Crippen molar-refractivity contribution < 1.29 is 56.9 Å². The number of unbranched alkanes of at least 4 members (excludes halogenated alkanes) is 4. The van der Waals surface area contributed by atoms with E-state index in [2.05, 4.69) is 34.5 Å². The summed E-state index contributed by atoms with van der Waals surface area (Å²) in [5.41, 5.74) is 0.204. The van der Waals surface area contributed by atoms with Gasteiger partial charge in [0.2, 0.25) is 0 Å².